The van der Waals surface area contributed by atoms with Gasteiger partial charge in [0.1, 0.15) is 12.2 Å². The van der Waals surface area contributed by atoms with E-state index in [1.807, 2.05) is 36.9 Å². The lowest BCUT2D eigenvalue weighted by Crippen LogP contribution is -2.56. The van der Waals surface area contributed by atoms with Gasteiger partial charge in [0.15, 0.2) is 0 Å². The molecule has 2 aliphatic rings. The molecule has 0 spiro atoms. The summed E-state index contributed by atoms with van der Waals surface area (Å²) >= 11 is 3.48. The SMILES string of the molecule is COC(=O)N[C@H](C(=O)N1CCC[C@H]1C1Nc2ccc(Br)cc2N1)C(C)C. The molecule has 3 atom stereocenters. The Balaban J connectivity index is 1.73. The number of carbonyl (C=O) groups is 2. The smallest absolute Gasteiger partial charge is 0.407 e. The van der Waals surface area contributed by atoms with E-state index >= 15 is 0 Å². The van der Waals surface area contributed by atoms with E-state index in [4.69, 9.17) is 0 Å². The van der Waals surface area contributed by atoms with Crippen molar-refractivity contribution in [3.63, 3.8) is 0 Å². The third kappa shape index (κ3) is 3.75. The van der Waals surface area contributed by atoms with Crippen molar-refractivity contribution in [2.45, 2.75) is 44.9 Å². The normalized spacial score (nSPS) is 22.4. The number of nitrogens with one attached hydrogen (secondary N) is 3. The van der Waals surface area contributed by atoms with Gasteiger partial charge < -0.3 is 25.6 Å². The maximum atomic E-state index is 13.1. The van der Waals surface area contributed by atoms with Crippen LogP contribution >= 0.6 is 15.9 Å². The van der Waals surface area contributed by atoms with Gasteiger partial charge in [0.25, 0.3) is 0 Å². The number of ether oxygens (including phenoxy) is 1. The van der Waals surface area contributed by atoms with E-state index in [1.165, 1.54) is 7.11 Å². The summed E-state index contributed by atoms with van der Waals surface area (Å²) < 4.78 is 5.68. The molecule has 8 heteroatoms. The summed E-state index contributed by atoms with van der Waals surface area (Å²) in [5, 5.41) is 9.63. The van der Waals surface area contributed by atoms with Crippen LogP contribution in [0.2, 0.25) is 0 Å². The first-order valence-corrected chi connectivity index (χ1v) is 9.67. The number of hydrogen-bond acceptors (Lipinski definition) is 5. The molecule has 0 radical (unpaired) electrons. The van der Waals surface area contributed by atoms with E-state index < -0.39 is 12.1 Å². The molecule has 1 aromatic carbocycles. The number of anilines is 2. The van der Waals surface area contributed by atoms with Crippen LogP contribution in [0.15, 0.2) is 22.7 Å². The number of rotatable bonds is 4. The first-order chi connectivity index (χ1) is 12.4. The van der Waals surface area contributed by atoms with Gasteiger partial charge in [0.05, 0.1) is 24.5 Å². The monoisotopic (exact) mass is 424 g/mol. The quantitative estimate of drug-likeness (QED) is 0.691. The Kier molecular flexibility index (Phi) is 5.60. The van der Waals surface area contributed by atoms with Crippen LogP contribution in [0.1, 0.15) is 26.7 Å². The molecule has 0 bridgehead atoms. The predicted octanol–water partition coefficient (Wildman–Crippen LogP) is 2.98. The molecule has 26 heavy (non-hydrogen) atoms. The molecule has 142 valence electrons. The van der Waals surface area contributed by atoms with Gasteiger partial charge >= 0.3 is 6.09 Å². The molecular formula is C18H25BrN4O3. The van der Waals surface area contributed by atoms with Gasteiger partial charge in [-0.3, -0.25) is 4.79 Å². The van der Waals surface area contributed by atoms with E-state index in [9.17, 15) is 9.59 Å². The predicted molar refractivity (Wildman–Crippen MR) is 104 cm³/mol. The summed E-state index contributed by atoms with van der Waals surface area (Å²) in [4.78, 5) is 26.6. The standard InChI is InChI=1S/C18H25BrN4O3/c1-10(2)15(22-18(25)26-3)17(24)23-8-4-5-14(23)16-20-12-7-6-11(19)9-13(12)21-16/h6-7,9-10,14-16,20-21H,4-5,8H2,1-3H3,(H,22,25)/t14-,15-,16?/m0/s1. The van der Waals surface area contributed by atoms with Crippen LogP contribution in [0, 0.1) is 5.92 Å². The lowest BCUT2D eigenvalue weighted by Gasteiger charge is -2.33. The molecule has 1 fully saturated rings. The highest BCUT2D eigenvalue weighted by Crippen LogP contribution is 2.35. The van der Waals surface area contributed by atoms with Crippen molar-refractivity contribution in [3.05, 3.63) is 22.7 Å². The summed E-state index contributed by atoms with van der Waals surface area (Å²) in [6, 6.07) is 5.46. The zero-order valence-corrected chi connectivity index (χ0v) is 16.8. The van der Waals surface area contributed by atoms with Crippen molar-refractivity contribution in [1.29, 1.82) is 0 Å². The minimum absolute atomic E-state index is 0.0226. The van der Waals surface area contributed by atoms with Crippen LogP contribution in [0.3, 0.4) is 0 Å². The third-order valence-corrected chi connectivity index (χ3v) is 5.46. The highest BCUT2D eigenvalue weighted by molar-refractivity contribution is 9.10. The molecule has 2 heterocycles. The fourth-order valence-electron chi connectivity index (χ4n) is 3.62. The number of fused-ring (bicyclic) bond motifs is 1. The van der Waals surface area contributed by atoms with Gasteiger partial charge in [-0.1, -0.05) is 29.8 Å². The minimum atomic E-state index is -0.596. The number of amides is 2. The number of carbonyl (C=O) groups excluding carboxylic acids is 2. The summed E-state index contributed by atoms with van der Waals surface area (Å²) in [5.41, 5.74) is 2.06. The highest BCUT2D eigenvalue weighted by atomic mass is 79.9. The van der Waals surface area contributed by atoms with Gasteiger partial charge in [-0.25, -0.2) is 4.79 Å². The molecule has 1 unspecified atom stereocenters. The van der Waals surface area contributed by atoms with E-state index in [0.717, 1.165) is 28.7 Å². The van der Waals surface area contributed by atoms with Gasteiger partial charge in [0, 0.05) is 11.0 Å². The van der Waals surface area contributed by atoms with Crippen molar-refractivity contribution >= 4 is 39.3 Å². The second-order valence-corrected chi connectivity index (χ2v) is 7.97. The van der Waals surface area contributed by atoms with Gasteiger partial charge in [0.2, 0.25) is 5.91 Å². The van der Waals surface area contributed by atoms with Crippen LogP contribution in [-0.2, 0) is 9.53 Å². The Hall–Kier alpha value is -1.96. The summed E-state index contributed by atoms with van der Waals surface area (Å²) in [5.74, 6) is -0.0888. The molecule has 0 aliphatic carbocycles. The molecule has 0 saturated carbocycles. The number of likely N-dealkylation sites (tertiary alicyclic amines) is 1. The largest absolute Gasteiger partial charge is 0.453 e. The number of halogens is 1. The van der Waals surface area contributed by atoms with Gasteiger partial charge in [-0.05, 0) is 37.0 Å². The van der Waals surface area contributed by atoms with E-state index in [-0.39, 0.29) is 24.0 Å². The Labute approximate surface area is 162 Å². The Bertz CT molecular complexity index is 697. The first kappa shape index (κ1) is 18.8. The maximum absolute atomic E-state index is 13.1. The molecule has 3 rings (SSSR count). The number of alkyl carbamates (subject to hydrolysis) is 1. The summed E-state index contributed by atoms with van der Waals surface area (Å²) in [6.07, 6.45) is 1.23. The lowest BCUT2D eigenvalue weighted by atomic mass is 10.0. The van der Waals surface area contributed by atoms with E-state index in [1.54, 1.807) is 0 Å². The van der Waals surface area contributed by atoms with Crippen LogP contribution in [0.25, 0.3) is 0 Å². The minimum Gasteiger partial charge on any atom is -0.453 e. The molecule has 2 amide bonds. The molecular weight excluding hydrogens is 400 g/mol. The zero-order chi connectivity index (χ0) is 18.8. The molecule has 1 aromatic rings. The highest BCUT2D eigenvalue weighted by Gasteiger charge is 2.40. The third-order valence-electron chi connectivity index (χ3n) is 4.96. The lowest BCUT2D eigenvalue weighted by molar-refractivity contribution is -0.135. The second kappa shape index (κ2) is 7.73. The van der Waals surface area contributed by atoms with Crippen LogP contribution in [-0.4, -0.2) is 48.8 Å². The van der Waals surface area contributed by atoms with Gasteiger partial charge in [-0.2, -0.15) is 0 Å². The average Bonchev–Trinajstić information content (AvgIpc) is 3.24. The number of nitrogens with zero attached hydrogens (tertiary/aromatic N) is 1. The van der Waals surface area contributed by atoms with E-state index in [2.05, 4.69) is 36.6 Å². The van der Waals surface area contributed by atoms with Gasteiger partial charge in [-0.15, -0.1) is 0 Å². The Morgan fingerprint density at radius 3 is 2.73 bits per heavy atom. The molecule has 0 aromatic heterocycles. The van der Waals surface area contributed by atoms with Crippen molar-refractivity contribution in [1.82, 2.24) is 10.2 Å². The molecule has 1 saturated heterocycles. The molecule has 7 nitrogen and oxygen atoms in total. The van der Waals surface area contributed by atoms with Crippen molar-refractivity contribution in [2.24, 2.45) is 5.92 Å². The van der Waals surface area contributed by atoms with Crippen molar-refractivity contribution in [2.75, 3.05) is 24.3 Å². The van der Waals surface area contributed by atoms with Crippen molar-refractivity contribution < 1.29 is 14.3 Å². The number of hydrogen-bond donors (Lipinski definition) is 3. The molecule has 3 N–H and O–H groups in total. The number of benzene rings is 1. The first-order valence-electron chi connectivity index (χ1n) is 8.88. The second-order valence-electron chi connectivity index (χ2n) is 7.06. The average molecular weight is 425 g/mol. The summed E-state index contributed by atoms with van der Waals surface area (Å²) in [7, 11) is 1.30. The van der Waals surface area contributed by atoms with Crippen LogP contribution in [0.5, 0.6) is 0 Å². The van der Waals surface area contributed by atoms with Crippen LogP contribution in [0.4, 0.5) is 16.2 Å². The topological polar surface area (TPSA) is 82.7 Å². The van der Waals surface area contributed by atoms with E-state index in [0.29, 0.717) is 6.54 Å². The Morgan fingerprint density at radius 1 is 1.31 bits per heavy atom. The Morgan fingerprint density at radius 2 is 2.04 bits per heavy atom. The maximum Gasteiger partial charge on any atom is 0.407 e. The zero-order valence-electron chi connectivity index (χ0n) is 15.2. The summed E-state index contributed by atoms with van der Waals surface area (Å²) in [6.45, 7) is 4.53. The van der Waals surface area contributed by atoms with Crippen LogP contribution < -0.4 is 16.0 Å². The number of methoxy groups -OCH3 is 1. The van der Waals surface area contributed by atoms with Crippen molar-refractivity contribution in [3.8, 4) is 0 Å². The fraction of sp³-hybridized carbons (Fsp3) is 0.556. The fourth-order valence-corrected chi connectivity index (χ4v) is 3.98. The molecule has 2 aliphatic heterocycles.